The topological polar surface area (TPSA) is 60.7 Å². The molecule has 0 unspecified atom stereocenters. The van der Waals surface area contributed by atoms with Crippen molar-refractivity contribution in [3.63, 3.8) is 0 Å². The van der Waals surface area contributed by atoms with Crippen molar-refractivity contribution < 1.29 is 15.3 Å². The van der Waals surface area contributed by atoms with Crippen LogP contribution in [0.4, 0.5) is 0 Å². The van der Waals surface area contributed by atoms with Gasteiger partial charge in [-0.05, 0) is 111 Å². The Morgan fingerprint density at radius 2 is 1.74 bits per heavy atom. The Hall–Kier alpha value is -0.120. The van der Waals surface area contributed by atoms with Crippen molar-refractivity contribution in [2.45, 2.75) is 97.2 Å². The minimum Gasteiger partial charge on any atom is -0.396 e. The number of hydrogen-bond acceptors (Lipinski definition) is 3. The highest BCUT2D eigenvalue weighted by molar-refractivity contribution is 5.12. The smallest absolute Gasteiger partial charge is 0.0602 e. The lowest BCUT2D eigenvalue weighted by Gasteiger charge is -2.62. The third-order valence-corrected chi connectivity index (χ3v) is 10.3. The molecule has 0 aromatic rings. The summed E-state index contributed by atoms with van der Waals surface area (Å²) in [5.41, 5.74) is 0.387. The van der Waals surface area contributed by atoms with E-state index in [9.17, 15) is 15.3 Å². The molecule has 4 saturated carbocycles. The van der Waals surface area contributed by atoms with Crippen molar-refractivity contribution >= 4 is 0 Å². The first-order valence-corrected chi connectivity index (χ1v) is 11.8. The van der Waals surface area contributed by atoms with Gasteiger partial charge >= 0.3 is 0 Å². The lowest BCUT2D eigenvalue weighted by atomic mass is 9.43. The zero-order valence-corrected chi connectivity index (χ0v) is 17.7. The molecule has 0 spiro atoms. The number of rotatable bonds is 4. The van der Waals surface area contributed by atoms with Gasteiger partial charge in [-0.1, -0.05) is 20.8 Å². The van der Waals surface area contributed by atoms with Crippen molar-refractivity contribution in [3.8, 4) is 0 Å². The Kier molecular flexibility index (Phi) is 5.44. The molecule has 156 valence electrons. The molecule has 0 bridgehead atoms. The maximum atomic E-state index is 11.5. The lowest BCUT2D eigenvalue weighted by Crippen LogP contribution is -2.58. The molecule has 0 radical (unpaired) electrons. The lowest BCUT2D eigenvalue weighted by molar-refractivity contribution is -0.174. The first-order chi connectivity index (χ1) is 12.8. The second-order valence-electron chi connectivity index (χ2n) is 11.2. The minimum atomic E-state index is -0.185. The van der Waals surface area contributed by atoms with Crippen LogP contribution in [0.15, 0.2) is 0 Å². The second-order valence-corrected chi connectivity index (χ2v) is 11.2. The van der Waals surface area contributed by atoms with Gasteiger partial charge in [0.2, 0.25) is 0 Å². The molecule has 10 atom stereocenters. The summed E-state index contributed by atoms with van der Waals surface area (Å²) in [6.07, 6.45) is 10.9. The molecule has 0 heterocycles. The van der Waals surface area contributed by atoms with Crippen molar-refractivity contribution in [1.82, 2.24) is 0 Å². The molecule has 3 nitrogen and oxygen atoms in total. The van der Waals surface area contributed by atoms with Crippen LogP contribution in [0, 0.1) is 46.3 Å². The van der Waals surface area contributed by atoms with Gasteiger partial charge in [0.25, 0.3) is 0 Å². The van der Waals surface area contributed by atoms with Crippen LogP contribution in [0.25, 0.3) is 0 Å². The van der Waals surface area contributed by atoms with Gasteiger partial charge in [0.1, 0.15) is 0 Å². The Morgan fingerprint density at radius 3 is 2.48 bits per heavy atom. The SMILES string of the molecule is C[C@H](CCCO)[C@H]1CC[C@H]2[C@@H]3CC[C@@H]4C[C@H](O)CC[C@]4(C)[C@H]3C[C@H](O)[C@]12C. The van der Waals surface area contributed by atoms with Gasteiger partial charge in [-0.2, -0.15) is 0 Å². The van der Waals surface area contributed by atoms with Crippen LogP contribution in [-0.4, -0.2) is 34.1 Å². The standard InChI is InChI=1S/C24H42O3/c1-15(5-4-12-25)19-8-9-20-18-7-6-16-13-17(26)10-11-23(16,2)21(18)14-22(27)24(19,20)3/h15-22,25-27H,4-14H2,1-3H3/t15-,16-,17-,18+,19-,20+,21+,22+,23+,24-/m1/s1. The fourth-order valence-corrected chi connectivity index (χ4v) is 8.77. The van der Waals surface area contributed by atoms with Crippen LogP contribution in [0.1, 0.15) is 85.0 Å². The summed E-state index contributed by atoms with van der Waals surface area (Å²) in [6.45, 7) is 7.54. The predicted molar refractivity (Wildman–Crippen MR) is 108 cm³/mol. The van der Waals surface area contributed by atoms with Crippen molar-refractivity contribution in [2.24, 2.45) is 46.3 Å². The molecule has 0 amide bonds. The summed E-state index contributed by atoms with van der Waals surface area (Å²) in [4.78, 5) is 0. The third-order valence-electron chi connectivity index (χ3n) is 10.3. The van der Waals surface area contributed by atoms with E-state index < -0.39 is 0 Å². The van der Waals surface area contributed by atoms with Crippen LogP contribution in [0.5, 0.6) is 0 Å². The molecule has 4 fully saturated rings. The molecule has 4 aliphatic rings. The summed E-state index contributed by atoms with van der Waals surface area (Å²) < 4.78 is 0. The number of hydrogen-bond donors (Lipinski definition) is 3. The van der Waals surface area contributed by atoms with Crippen LogP contribution in [0.2, 0.25) is 0 Å². The van der Waals surface area contributed by atoms with E-state index >= 15 is 0 Å². The molecule has 4 aliphatic carbocycles. The van der Waals surface area contributed by atoms with Gasteiger partial charge in [-0.25, -0.2) is 0 Å². The molecule has 0 aromatic carbocycles. The maximum absolute atomic E-state index is 11.5. The number of fused-ring (bicyclic) bond motifs is 5. The Morgan fingerprint density at radius 1 is 0.963 bits per heavy atom. The van der Waals surface area contributed by atoms with Crippen LogP contribution in [-0.2, 0) is 0 Å². The van der Waals surface area contributed by atoms with E-state index in [1.54, 1.807) is 0 Å². The van der Waals surface area contributed by atoms with Gasteiger partial charge in [0, 0.05) is 6.61 Å². The van der Waals surface area contributed by atoms with Crippen LogP contribution in [0.3, 0.4) is 0 Å². The van der Waals surface area contributed by atoms with Crippen LogP contribution < -0.4 is 0 Å². The molecule has 0 saturated heterocycles. The Balaban J connectivity index is 1.58. The fourth-order valence-electron chi connectivity index (χ4n) is 8.77. The van der Waals surface area contributed by atoms with Gasteiger partial charge in [0.15, 0.2) is 0 Å². The fraction of sp³-hybridized carbons (Fsp3) is 1.00. The number of aliphatic hydroxyl groups is 3. The van der Waals surface area contributed by atoms with E-state index in [-0.39, 0.29) is 24.2 Å². The number of aliphatic hydroxyl groups excluding tert-OH is 3. The molecule has 3 N–H and O–H groups in total. The molecule has 0 aliphatic heterocycles. The molecular weight excluding hydrogens is 336 g/mol. The van der Waals surface area contributed by atoms with Crippen LogP contribution >= 0.6 is 0 Å². The monoisotopic (exact) mass is 378 g/mol. The van der Waals surface area contributed by atoms with E-state index in [1.165, 1.54) is 25.7 Å². The molecule has 27 heavy (non-hydrogen) atoms. The van der Waals surface area contributed by atoms with Gasteiger partial charge < -0.3 is 15.3 Å². The van der Waals surface area contributed by atoms with E-state index in [1.807, 2.05) is 0 Å². The van der Waals surface area contributed by atoms with Crippen molar-refractivity contribution in [1.29, 1.82) is 0 Å². The van der Waals surface area contributed by atoms with E-state index in [0.717, 1.165) is 44.4 Å². The summed E-state index contributed by atoms with van der Waals surface area (Å²) in [5, 5.41) is 30.9. The zero-order valence-electron chi connectivity index (χ0n) is 17.7. The first kappa shape index (κ1) is 20.2. The summed E-state index contributed by atoms with van der Waals surface area (Å²) in [7, 11) is 0. The van der Waals surface area contributed by atoms with Crippen molar-refractivity contribution in [2.75, 3.05) is 6.61 Å². The first-order valence-electron chi connectivity index (χ1n) is 11.8. The second kappa shape index (κ2) is 7.29. The summed E-state index contributed by atoms with van der Waals surface area (Å²) >= 11 is 0. The molecular formula is C24H42O3. The molecule has 4 rings (SSSR count). The van der Waals surface area contributed by atoms with Crippen molar-refractivity contribution in [3.05, 3.63) is 0 Å². The average molecular weight is 379 g/mol. The molecule has 0 aromatic heterocycles. The van der Waals surface area contributed by atoms with E-state index in [2.05, 4.69) is 20.8 Å². The third kappa shape index (κ3) is 3.02. The highest BCUT2D eigenvalue weighted by atomic mass is 16.3. The summed E-state index contributed by atoms with van der Waals surface area (Å²) in [5.74, 6) is 3.92. The molecule has 3 heteroatoms. The average Bonchev–Trinajstić information content (AvgIpc) is 3.00. The Labute approximate surface area is 165 Å². The summed E-state index contributed by atoms with van der Waals surface area (Å²) in [6, 6.07) is 0. The highest BCUT2D eigenvalue weighted by Gasteiger charge is 2.63. The normalized spacial score (nSPS) is 53.3. The largest absolute Gasteiger partial charge is 0.396 e. The van der Waals surface area contributed by atoms with Gasteiger partial charge in [-0.15, -0.1) is 0 Å². The highest BCUT2D eigenvalue weighted by Crippen LogP contribution is 2.68. The predicted octanol–water partition coefficient (Wildman–Crippen LogP) is 4.39. The van der Waals surface area contributed by atoms with Gasteiger partial charge in [-0.3, -0.25) is 0 Å². The van der Waals surface area contributed by atoms with Gasteiger partial charge in [0.05, 0.1) is 12.2 Å². The maximum Gasteiger partial charge on any atom is 0.0602 e. The zero-order chi connectivity index (χ0) is 19.4. The quantitative estimate of drug-likeness (QED) is 0.680. The van der Waals surface area contributed by atoms with E-state index in [0.29, 0.717) is 35.0 Å². The van der Waals surface area contributed by atoms with E-state index in [4.69, 9.17) is 0 Å². The minimum absolute atomic E-state index is 0.0629. The Bertz CT molecular complexity index is 536.